The first kappa shape index (κ1) is 17.4. The Hall–Kier alpha value is -1.39. The maximum atomic E-state index is 12.3. The second-order valence-corrected chi connectivity index (χ2v) is 7.88. The molecule has 4 heteroatoms. The molecule has 24 heavy (non-hydrogen) atoms. The molecule has 2 fully saturated rings. The van der Waals surface area contributed by atoms with Crippen LogP contribution in [0.1, 0.15) is 48.8 Å². The average molecular weight is 329 g/mol. The lowest BCUT2D eigenvalue weighted by Crippen LogP contribution is -2.52. The molecule has 1 aromatic rings. The molecule has 0 bridgehead atoms. The Bertz CT molecular complexity index is 593. The molecule has 1 heterocycles. The van der Waals surface area contributed by atoms with Crippen LogP contribution >= 0.6 is 0 Å². The molecule has 2 aliphatic rings. The molecule has 1 aliphatic carbocycles. The van der Waals surface area contributed by atoms with E-state index in [0.717, 1.165) is 58.3 Å². The summed E-state index contributed by atoms with van der Waals surface area (Å²) in [5.74, 6) is 0.609. The van der Waals surface area contributed by atoms with Crippen LogP contribution in [0.15, 0.2) is 18.2 Å². The van der Waals surface area contributed by atoms with Gasteiger partial charge in [0.15, 0.2) is 0 Å². The number of hydrogen-bond acceptors (Lipinski definition) is 3. The maximum absolute atomic E-state index is 12.3. The zero-order valence-corrected chi connectivity index (χ0v) is 15.1. The van der Waals surface area contributed by atoms with E-state index in [1.807, 2.05) is 0 Å². The number of nitrogens with one attached hydrogen (secondary N) is 1. The highest BCUT2D eigenvalue weighted by molar-refractivity contribution is 5.86. The molecular formula is C20H31N3O. The predicted octanol–water partition coefficient (Wildman–Crippen LogP) is 2.51. The monoisotopic (exact) mass is 329 g/mol. The van der Waals surface area contributed by atoms with Crippen molar-refractivity contribution in [2.45, 2.75) is 58.0 Å². The van der Waals surface area contributed by atoms with Crippen molar-refractivity contribution >= 4 is 5.91 Å². The Labute approximate surface area is 145 Å². The third kappa shape index (κ3) is 3.98. The number of hydrogen-bond donors (Lipinski definition) is 2. The van der Waals surface area contributed by atoms with Crippen molar-refractivity contribution in [3.8, 4) is 0 Å². The van der Waals surface area contributed by atoms with Gasteiger partial charge in [-0.05, 0) is 62.3 Å². The summed E-state index contributed by atoms with van der Waals surface area (Å²) >= 11 is 0. The lowest BCUT2D eigenvalue weighted by atomic mass is 9.97. The number of nitrogens with zero attached hydrogens (tertiary/aromatic N) is 1. The van der Waals surface area contributed by atoms with E-state index in [-0.39, 0.29) is 5.91 Å². The molecule has 0 radical (unpaired) electrons. The predicted molar refractivity (Wildman–Crippen MR) is 97.7 cm³/mol. The van der Waals surface area contributed by atoms with Crippen LogP contribution in [0.3, 0.4) is 0 Å². The normalized spacial score (nSPS) is 23.5. The van der Waals surface area contributed by atoms with Crippen LogP contribution in [0, 0.1) is 19.8 Å². The third-order valence-corrected chi connectivity index (χ3v) is 5.85. The highest BCUT2D eigenvalue weighted by atomic mass is 16.2. The Balaban J connectivity index is 1.45. The lowest BCUT2D eigenvalue weighted by molar-refractivity contribution is -0.126. The van der Waals surface area contributed by atoms with Crippen LogP contribution in [-0.2, 0) is 11.3 Å². The van der Waals surface area contributed by atoms with E-state index in [4.69, 9.17) is 5.73 Å². The Morgan fingerprint density at radius 2 is 2.04 bits per heavy atom. The molecule has 0 unspecified atom stereocenters. The van der Waals surface area contributed by atoms with Gasteiger partial charge in [0.1, 0.15) is 0 Å². The number of aryl methyl sites for hydroxylation is 2. The standard InChI is InChI=1S/C20H31N3O/c1-15-5-6-17(11-16(15)2)13-23-10-7-18(14-23)12-22-19(24)20(21)8-3-4-9-20/h5-6,11,18H,3-4,7-10,12-14,21H2,1-2H3,(H,22,24)/t18-/m0/s1. The molecular weight excluding hydrogens is 298 g/mol. The second kappa shape index (κ2) is 7.24. The molecule has 1 aliphatic heterocycles. The Morgan fingerprint density at radius 1 is 1.29 bits per heavy atom. The van der Waals surface area contributed by atoms with E-state index in [0.29, 0.717) is 5.92 Å². The Morgan fingerprint density at radius 3 is 2.75 bits per heavy atom. The summed E-state index contributed by atoms with van der Waals surface area (Å²) < 4.78 is 0. The van der Waals surface area contributed by atoms with Crippen LogP contribution in [0.5, 0.6) is 0 Å². The summed E-state index contributed by atoms with van der Waals surface area (Å²) in [5.41, 5.74) is 9.72. The SMILES string of the molecule is Cc1ccc(CN2CC[C@@H](CNC(=O)C3(N)CCCC3)C2)cc1C. The number of carbonyl (C=O) groups is 1. The summed E-state index contributed by atoms with van der Waals surface area (Å²) in [6, 6.07) is 6.74. The molecule has 3 N–H and O–H groups in total. The molecule has 1 saturated carbocycles. The summed E-state index contributed by atoms with van der Waals surface area (Å²) in [4.78, 5) is 14.8. The van der Waals surface area contributed by atoms with Crippen molar-refractivity contribution in [2.24, 2.45) is 11.7 Å². The van der Waals surface area contributed by atoms with Gasteiger partial charge in [0.2, 0.25) is 5.91 Å². The minimum atomic E-state index is -0.599. The summed E-state index contributed by atoms with van der Waals surface area (Å²) in [6.07, 6.45) is 4.99. The van der Waals surface area contributed by atoms with Crippen LogP contribution < -0.4 is 11.1 Å². The molecule has 1 atom stereocenters. The first-order valence-electron chi connectivity index (χ1n) is 9.32. The van der Waals surface area contributed by atoms with Crippen LogP contribution in [-0.4, -0.2) is 36.0 Å². The first-order valence-corrected chi connectivity index (χ1v) is 9.32. The number of nitrogens with two attached hydrogens (primary N) is 1. The minimum absolute atomic E-state index is 0.0626. The van der Waals surface area contributed by atoms with E-state index >= 15 is 0 Å². The molecule has 0 aromatic heterocycles. The number of benzene rings is 1. The first-order chi connectivity index (χ1) is 11.5. The molecule has 4 nitrogen and oxygen atoms in total. The average Bonchev–Trinajstić information content (AvgIpc) is 3.19. The highest BCUT2D eigenvalue weighted by Gasteiger charge is 2.37. The lowest BCUT2D eigenvalue weighted by Gasteiger charge is -2.23. The van der Waals surface area contributed by atoms with Gasteiger partial charge in [0.25, 0.3) is 0 Å². The molecule has 3 rings (SSSR count). The maximum Gasteiger partial charge on any atom is 0.240 e. The molecule has 0 spiro atoms. The van der Waals surface area contributed by atoms with Crippen LogP contribution in [0.2, 0.25) is 0 Å². The molecule has 132 valence electrons. The van der Waals surface area contributed by atoms with Gasteiger partial charge in [-0.2, -0.15) is 0 Å². The van der Waals surface area contributed by atoms with Gasteiger partial charge in [-0.3, -0.25) is 9.69 Å². The summed E-state index contributed by atoms with van der Waals surface area (Å²) in [7, 11) is 0. The number of amides is 1. The molecule has 1 saturated heterocycles. The van der Waals surface area contributed by atoms with E-state index < -0.39 is 5.54 Å². The molecule has 1 amide bonds. The zero-order chi connectivity index (χ0) is 17.2. The van der Waals surface area contributed by atoms with Crippen molar-refractivity contribution in [2.75, 3.05) is 19.6 Å². The fourth-order valence-corrected chi connectivity index (χ4v) is 4.03. The minimum Gasteiger partial charge on any atom is -0.354 e. The quantitative estimate of drug-likeness (QED) is 0.873. The summed E-state index contributed by atoms with van der Waals surface area (Å²) in [5, 5.41) is 3.12. The van der Waals surface area contributed by atoms with E-state index in [9.17, 15) is 4.79 Å². The van der Waals surface area contributed by atoms with Crippen molar-refractivity contribution in [1.82, 2.24) is 10.2 Å². The van der Waals surface area contributed by atoms with Crippen LogP contribution in [0.4, 0.5) is 0 Å². The summed E-state index contributed by atoms with van der Waals surface area (Å²) in [6.45, 7) is 8.27. The topological polar surface area (TPSA) is 58.4 Å². The van der Waals surface area contributed by atoms with Crippen molar-refractivity contribution in [3.63, 3.8) is 0 Å². The van der Waals surface area contributed by atoms with Crippen molar-refractivity contribution in [1.29, 1.82) is 0 Å². The second-order valence-electron chi connectivity index (χ2n) is 7.88. The third-order valence-electron chi connectivity index (χ3n) is 5.85. The number of carbonyl (C=O) groups excluding carboxylic acids is 1. The van der Waals surface area contributed by atoms with E-state index in [1.165, 1.54) is 16.7 Å². The van der Waals surface area contributed by atoms with Crippen molar-refractivity contribution in [3.05, 3.63) is 34.9 Å². The Kier molecular flexibility index (Phi) is 5.26. The highest BCUT2D eigenvalue weighted by Crippen LogP contribution is 2.27. The fourth-order valence-electron chi connectivity index (χ4n) is 4.03. The number of likely N-dealkylation sites (tertiary alicyclic amines) is 1. The van der Waals surface area contributed by atoms with Crippen LogP contribution in [0.25, 0.3) is 0 Å². The smallest absolute Gasteiger partial charge is 0.240 e. The fraction of sp³-hybridized carbons (Fsp3) is 0.650. The van der Waals surface area contributed by atoms with E-state index in [2.05, 4.69) is 42.3 Å². The van der Waals surface area contributed by atoms with Gasteiger partial charge in [-0.25, -0.2) is 0 Å². The van der Waals surface area contributed by atoms with E-state index in [1.54, 1.807) is 0 Å². The van der Waals surface area contributed by atoms with Gasteiger partial charge >= 0.3 is 0 Å². The molecule has 1 aromatic carbocycles. The largest absolute Gasteiger partial charge is 0.354 e. The van der Waals surface area contributed by atoms with Gasteiger partial charge in [0, 0.05) is 19.6 Å². The van der Waals surface area contributed by atoms with Gasteiger partial charge in [-0.1, -0.05) is 31.0 Å². The number of rotatable bonds is 5. The van der Waals surface area contributed by atoms with Crippen molar-refractivity contribution < 1.29 is 4.79 Å². The zero-order valence-electron chi connectivity index (χ0n) is 15.1. The van der Waals surface area contributed by atoms with Gasteiger partial charge in [0.05, 0.1) is 5.54 Å². The van der Waals surface area contributed by atoms with Gasteiger partial charge in [-0.15, -0.1) is 0 Å². The van der Waals surface area contributed by atoms with Gasteiger partial charge < -0.3 is 11.1 Å².